The van der Waals surface area contributed by atoms with E-state index < -0.39 is 23.9 Å². The van der Waals surface area contributed by atoms with Gasteiger partial charge in [0.1, 0.15) is 17.8 Å². The van der Waals surface area contributed by atoms with Crippen molar-refractivity contribution in [1.29, 1.82) is 0 Å². The van der Waals surface area contributed by atoms with Crippen LogP contribution in [-0.2, 0) is 4.74 Å². The van der Waals surface area contributed by atoms with Crippen molar-refractivity contribution >= 4 is 16.9 Å². The first kappa shape index (κ1) is 53.4. The molecule has 81 heavy (non-hydrogen) atoms. The van der Waals surface area contributed by atoms with Gasteiger partial charge in [0.25, 0.3) is 0 Å². The summed E-state index contributed by atoms with van der Waals surface area (Å²) >= 11 is 0. The molecule has 1 fully saturated rings. The lowest BCUT2D eigenvalue weighted by molar-refractivity contribution is 0.0388. The standard InChI is InChI=1S/C72H82F4N4O/c1-71(2,3)45-16-23-49(24-17-45)79-63-13-9-7-11-55(63)58-40-52(28-33-65(58)79)77(67-31-20-47(73)38-61(67)75)51-22-15-43-36-60-57-30-27-54(42-70(57)81-69(60)37-44(43)35-51)78(68-32-21-48(74)39-62(68)76)53-29-34-66-59(41-53)56-12-8-10-14-64(56)80(66)50-25-18-46(19-26-50)72(4,5)6/h7-16,18,22-25,27,29-30,36-40,45-46,50-52,54,57,59-61,65-67,69-70H,17,19-21,26,28,31-35,41-42H2,1-6H3. The summed E-state index contributed by atoms with van der Waals surface area (Å²) in [4.78, 5) is 9.93. The molecule has 1 saturated heterocycles. The van der Waals surface area contributed by atoms with Crippen molar-refractivity contribution in [3.8, 4) is 0 Å². The molecule has 12 aliphatic rings. The van der Waals surface area contributed by atoms with Crippen molar-refractivity contribution in [2.24, 2.45) is 34.5 Å². The Morgan fingerprint density at radius 3 is 2.23 bits per heavy atom. The van der Waals surface area contributed by atoms with E-state index in [9.17, 15) is 8.78 Å². The molecule has 15 unspecified atom stereocenters. The number of para-hydroxylation sites is 2. The fourth-order valence-electron chi connectivity index (χ4n) is 17.0. The number of rotatable bonds is 8. The van der Waals surface area contributed by atoms with Crippen molar-refractivity contribution < 1.29 is 22.3 Å². The minimum Gasteiger partial charge on any atom is -0.370 e. The molecule has 9 aliphatic carbocycles. The molecule has 2 aromatic carbocycles. The summed E-state index contributed by atoms with van der Waals surface area (Å²) in [5.74, 6) is 0.366. The van der Waals surface area contributed by atoms with Crippen LogP contribution in [0.2, 0.25) is 0 Å². The molecule has 3 aliphatic heterocycles. The number of benzene rings is 2. The second-order valence-corrected chi connectivity index (χ2v) is 27.9. The first-order chi connectivity index (χ1) is 39.0. The zero-order valence-electron chi connectivity index (χ0n) is 48.3. The van der Waals surface area contributed by atoms with Crippen LogP contribution >= 0.6 is 0 Å². The molecule has 3 heterocycles. The highest BCUT2D eigenvalue weighted by atomic mass is 19.1. The van der Waals surface area contributed by atoms with E-state index in [-0.39, 0.29) is 83.6 Å². The van der Waals surface area contributed by atoms with Crippen LogP contribution in [0.3, 0.4) is 0 Å². The number of allylic oxidation sites excluding steroid dienone is 12. The molecule has 2 aromatic rings. The minimum atomic E-state index is -1.41. The van der Waals surface area contributed by atoms with Crippen molar-refractivity contribution in [3.05, 3.63) is 197 Å². The van der Waals surface area contributed by atoms with E-state index in [1.165, 1.54) is 57.4 Å². The molecular weight excluding hydrogens is 1010 g/mol. The monoisotopic (exact) mass is 1090 g/mol. The number of alkyl halides is 1. The summed E-state index contributed by atoms with van der Waals surface area (Å²) in [5.41, 5.74) is 12.3. The van der Waals surface area contributed by atoms with Gasteiger partial charge in [0.05, 0.1) is 35.8 Å². The third-order valence-corrected chi connectivity index (χ3v) is 21.3. The smallest absolute Gasteiger partial charge is 0.145 e. The van der Waals surface area contributed by atoms with Gasteiger partial charge in [-0.3, -0.25) is 4.90 Å². The van der Waals surface area contributed by atoms with Gasteiger partial charge in [-0.25, -0.2) is 17.6 Å². The highest BCUT2D eigenvalue weighted by molar-refractivity contribution is 5.90. The summed E-state index contributed by atoms with van der Waals surface area (Å²) in [7, 11) is 0. The first-order valence-corrected chi connectivity index (χ1v) is 31.0. The van der Waals surface area contributed by atoms with Gasteiger partial charge in [-0.15, -0.1) is 0 Å². The Kier molecular flexibility index (Phi) is 13.6. The quantitative estimate of drug-likeness (QED) is 0.194. The van der Waals surface area contributed by atoms with Gasteiger partial charge in [-0.2, -0.15) is 0 Å². The zero-order valence-corrected chi connectivity index (χ0v) is 48.3. The van der Waals surface area contributed by atoms with Gasteiger partial charge in [0, 0.05) is 95.2 Å². The van der Waals surface area contributed by atoms with Gasteiger partial charge in [-0.05, 0) is 140 Å². The average molecular weight is 1100 g/mol. The Morgan fingerprint density at radius 1 is 0.654 bits per heavy atom. The second-order valence-electron chi connectivity index (χ2n) is 27.9. The largest absolute Gasteiger partial charge is 0.370 e. The highest BCUT2D eigenvalue weighted by Gasteiger charge is 2.50. The van der Waals surface area contributed by atoms with Crippen LogP contribution in [-0.4, -0.2) is 70.5 Å². The lowest BCUT2D eigenvalue weighted by Gasteiger charge is -2.47. The molecule has 0 spiro atoms. The fraction of sp³-hybridized carbons (Fsp3) is 0.500. The van der Waals surface area contributed by atoms with Gasteiger partial charge in [0.15, 0.2) is 0 Å². The molecule has 0 saturated carbocycles. The SMILES string of the molecule is CC(C)(C)C1C=CC(N2c3ccccc3C3=CC(N(C4C=CC5=CC6C(C=C5C4)OC4CC(N(C5=CCC7C(C5)c5ccccc5N7C5C=CC(C(C)(C)C)CC5)C5=C(F)C=C(F)CC5)C=CC46)C4CCC(F)=CC4F)CCC32)=CC1. The Morgan fingerprint density at radius 2 is 1.47 bits per heavy atom. The molecule has 0 aromatic heterocycles. The van der Waals surface area contributed by atoms with Crippen LogP contribution in [0.15, 0.2) is 185 Å². The number of ether oxygens (including phenoxy) is 1. The third kappa shape index (κ3) is 9.51. The van der Waals surface area contributed by atoms with Crippen LogP contribution in [0.25, 0.3) is 5.57 Å². The van der Waals surface area contributed by atoms with Crippen molar-refractivity contribution in [2.45, 2.75) is 192 Å². The van der Waals surface area contributed by atoms with Gasteiger partial charge < -0.3 is 19.4 Å². The zero-order chi connectivity index (χ0) is 55.6. The summed E-state index contributed by atoms with van der Waals surface area (Å²) in [6.45, 7) is 14.0. The van der Waals surface area contributed by atoms with E-state index in [2.05, 4.69) is 189 Å². The first-order valence-electron chi connectivity index (χ1n) is 31.0. The van der Waals surface area contributed by atoms with Crippen molar-refractivity contribution in [3.63, 3.8) is 0 Å². The van der Waals surface area contributed by atoms with Gasteiger partial charge >= 0.3 is 0 Å². The molecule has 5 nitrogen and oxygen atoms in total. The fourth-order valence-corrected chi connectivity index (χ4v) is 17.0. The number of hydrogen-bond acceptors (Lipinski definition) is 5. The van der Waals surface area contributed by atoms with E-state index in [1.54, 1.807) is 0 Å². The summed E-state index contributed by atoms with van der Waals surface area (Å²) in [6.07, 6.45) is 40.9. The Labute approximate surface area is 479 Å². The second kappa shape index (κ2) is 20.6. The van der Waals surface area contributed by atoms with E-state index in [0.29, 0.717) is 55.3 Å². The maximum atomic E-state index is 16.5. The molecule has 0 bridgehead atoms. The number of halogens is 4. The van der Waals surface area contributed by atoms with Gasteiger partial charge in [-0.1, -0.05) is 151 Å². The predicted octanol–water partition coefficient (Wildman–Crippen LogP) is 17.3. The van der Waals surface area contributed by atoms with Crippen molar-refractivity contribution in [1.82, 2.24) is 9.80 Å². The molecule has 15 atom stereocenters. The molecular formula is C72H82F4N4O. The number of fused-ring (bicyclic) bond motifs is 10. The third-order valence-electron chi connectivity index (χ3n) is 21.3. The number of anilines is 2. The molecule has 14 rings (SSSR count). The Balaban J connectivity index is 0.721. The lowest BCUT2D eigenvalue weighted by Crippen LogP contribution is -2.54. The van der Waals surface area contributed by atoms with Crippen LogP contribution in [0, 0.1) is 34.5 Å². The van der Waals surface area contributed by atoms with Crippen molar-refractivity contribution in [2.75, 3.05) is 9.80 Å². The van der Waals surface area contributed by atoms with E-state index in [4.69, 9.17) is 4.74 Å². The van der Waals surface area contributed by atoms with Crippen LogP contribution < -0.4 is 9.80 Å². The lowest BCUT2D eigenvalue weighted by atomic mass is 9.74. The maximum Gasteiger partial charge on any atom is 0.145 e. The number of hydrogen-bond donors (Lipinski definition) is 0. The average Bonchev–Trinajstić information content (AvgIpc) is 4.28. The Bertz CT molecular complexity index is 3240. The molecule has 9 heteroatoms. The summed E-state index contributed by atoms with van der Waals surface area (Å²) in [5, 5.41) is 0. The topological polar surface area (TPSA) is 22.2 Å². The normalized spacial score (nSPS) is 35.8. The highest BCUT2D eigenvalue weighted by Crippen LogP contribution is 2.55. The Hall–Kier alpha value is -5.64. The van der Waals surface area contributed by atoms with E-state index in [1.807, 2.05) is 0 Å². The number of nitrogens with zero attached hydrogens (tertiary/aromatic N) is 4. The van der Waals surface area contributed by atoms with E-state index in [0.717, 1.165) is 50.3 Å². The minimum absolute atomic E-state index is 0.0323. The van der Waals surface area contributed by atoms with Crippen LogP contribution in [0.4, 0.5) is 28.9 Å². The van der Waals surface area contributed by atoms with Gasteiger partial charge in [0.2, 0.25) is 0 Å². The molecule has 0 amide bonds. The molecule has 0 N–H and O–H groups in total. The van der Waals surface area contributed by atoms with Crippen LogP contribution in [0.1, 0.15) is 142 Å². The molecule has 0 radical (unpaired) electrons. The maximum absolute atomic E-state index is 16.5. The predicted molar refractivity (Wildman–Crippen MR) is 321 cm³/mol. The summed E-state index contributed by atoms with van der Waals surface area (Å²) < 4.78 is 69.8. The summed E-state index contributed by atoms with van der Waals surface area (Å²) in [6, 6.07) is 17.8. The molecule has 424 valence electrons. The van der Waals surface area contributed by atoms with E-state index >= 15 is 8.78 Å². The van der Waals surface area contributed by atoms with Crippen LogP contribution in [0.5, 0.6) is 0 Å².